The van der Waals surface area contributed by atoms with Crippen molar-refractivity contribution in [2.24, 2.45) is 0 Å². The van der Waals surface area contributed by atoms with Crippen molar-refractivity contribution in [3.8, 4) is 6.07 Å². The van der Waals surface area contributed by atoms with E-state index in [1.807, 2.05) is 24.3 Å². The molecule has 0 aliphatic carbocycles. The molecule has 4 heteroatoms. The number of hydrogen-bond donors (Lipinski definition) is 1. The topological polar surface area (TPSA) is 36.9 Å². The highest BCUT2D eigenvalue weighted by Gasteiger charge is 2.12. The van der Waals surface area contributed by atoms with Crippen LogP contribution in [0.3, 0.4) is 0 Å². The highest BCUT2D eigenvalue weighted by atomic mass is 32.1. The van der Waals surface area contributed by atoms with E-state index in [1.54, 1.807) is 18.0 Å². The Morgan fingerprint density at radius 1 is 1.40 bits per heavy atom. The SMILES string of the molecule is CO[n+]1cc(C#N)cc2ccc(S)cc21. The van der Waals surface area contributed by atoms with E-state index < -0.39 is 0 Å². The predicted molar refractivity (Wildman–Crippen MR) is 58.6 cm³/mol. The van der Waals surface area contributed by atoms with E-state index in [2.05, 4.69) is 18.7 Å². The van der Waals surface area contributed by atoms with Gasteiger partial charge in [-0.05, 0) is 18.2 Å². The van der Waals surface area contributed by atoms with Crippen LogP contribution in [0.4, 0.5) is 0 Å². The van der Waals surface area contributed by atoms with Crippen molar-refractivity contribution in [1.29, 1.82) is 5.26 Å². The van der Waals surface area contributed by atoms with Crippen LogP contribution < -0.4 is 9.57 Å². The van der Waals surface area contributed by atoms with E-state index in [0.29, 0.717) is 5.56 Å². The summed E-state index contributed by atoms with van der Waals surface area (Å²) in [5, 5.41) is 9.79. The molecule has 0 unspecified atom stereocenters. The molecular formula is C11H9N2OS+. The molecule has 0 amide bonds. The molecule has 0 bridgehead atoms. The summed E-state index contributed by atoms with van der Waals surface area (Å²) < 4.78 is 1.56. The van der Waals surface area contributed by atoms with E-state index in [-0.39, 0.29) is 0 Å². The Morgan fingerprint density at radius 2 is 2.20 bits per heavy atom. The van der Waals surface area contributed by atoms with Crippen molar-refractivity contribution >= 4 is 23.5 Å². The second-order valence-electron chi connectivity index (χ2n) is 3.09. The van der Waals surface area contributed by atoms with E-state index in [0.717, 1.165) is 15.8 Å². The highest BCUT2D eigenvalue weighted by molar-refractivity contribution is 7.80. The average molecular weight is 217 g/mol. The van der Waals surface area contributed by atoms with Gasteiger partial charge in [0.15, 0.2) is 0 Å². The van der Waals surface area contributed by atoms with Gasteiger partial charge in [-0.2, -0.15) is 5.26 Å². The van der Waals surface area contributed by atoms with E-state index in [9.17, 15) is 0 Å². The van der Waals surface area contributed by atoms with Gasteiger partial charge in [0.25, 0.3) is 5.52 Å². The summed E-state index contributed by atoms with van der Waals surface area (Å²) in [5.41, 5.74) is 1.46. The second-order valence-corrected chi connectivity index (χ2v) is 3.61. The Balaban J connectivity index is 2.82. The van der Waals surface area contributed by atoms with Crippen LogP contribution in [0.1, 0.15) is 5.56 Å². The summed E-state index contributed by atoms with van der Waals surface area (Å²) in [6.07, 6.45) is 1.65. The normalized spacial score (nSPS) is 9.93. The minimum atomic E-state index is 0.566. The Bertz CT molecular complexity index is 560. The first-order valence-electron chi connectivity index (χ1n) is 4.37. The maximum absolute atomic E-state index is 8.84. The maximum Gasteiger partial charge on any atom is 0.265 e. The monoisotopic (exact) mass is 217 g/mol. The molecule has 3 nitrogen and oxygen atoms in total. The lowest BCUT2D eigenvalue weighted by molar-refractivity contribution is -0.865. The molecule has 0 saturated heterocycles. The molecule has 0 radical (unpaired) electrons. The molecule has 15 heavy (non-hydrogen) atoms. The first-order valence-corrected chi connectivity index (χ1v) is 4.82. The van der Waals surface area contributed by atoms with Crippen LogP contribution in [-0.4, -0.2) is 7.11 Å². The molecule has 2 aromatic rings. The molecule has 0 N–H and O–H groups in total. The number of nitrogens with zero attached hydrogens (tertiary/aromatic N) is 2. The van der Waals surface area contributed by atoms with Crippen LogP contribution in [-0.2, 0) is 0 Å². The lowest BCUT2D eigenvalue weighted by atomic mass is 10.2. The third kappa shape index (κ3) is 1.74. The van der Waals surface area contributed by atoms with Gasteiger partial charge in [0.1, 0.15) is 18.7 Å². The average Bonchev–Trinajstić information content (AvgIpc) is 2.27. The summed E-state index contributed by atoms with van der Waals surface area (Å²) in [5.74, 6) is 0. The fourth-order valence-corrected chi connectivity index (χ4v) is 1.65. The van der Waals surface area contributed by atoms with Crippen LogP contribution in [0.5, 0.6) is 0 Å². The molecule has 0 spiro atoms. The number of benzene rings is 1. The lowest BCUT2D eigenvalue weighted by Crippen LogP contribution is -2.41. The van der Waals surface area contributed by atoms with Gasteiger partial charge >= 0.3 is 0 Å². The highest BCUT2D eigenvalue weighted by Crippen LogP contribution is 2.15. The minimum absolute atomic E-state index is 0.566. The summed E-state index contributed by atoms with van der Waals surface area (Å²) >= 11 is 4.26. The zero-order valence-corrected chi connectivity index (χ0v) is 9.03. The third-order valence-corrected chi connectivity index (χ3v) is 2.42. The fraction of sp³-hybridized carbons (Fsp3) is 0.0909. The van der Waals surface area contributed by atoms with Gasteiger partial charge in [-0.1, -0.05) is 0 Å². The van der Waals surface area contributed by atoms with Crippen molar-refractivity contribution in [3.63, 3.8) is 0 Å². The third-order valence-electron chi connectivity index (χ3n) is 2.14. The predicted octanol–water partition coefficient (Wildman–Crippen LogP) is 1.35. The Kier molecular flexibility index (Phi) is 2.48. The van der Waals surface area contributed by atoms with Crippen LogP contribution in [0.15, 0.2) is 35.4 Å². The molecule has 0 aliphatic rings. The fourth-order valence-electron chi connectivity index (χ4n) is 1.46. The lowest BCUT2D eigenvalue weighted by Gasteiger charge is -1.98. The molecule has 0 aliphatic heterocycles. The largest absolute Gasteiger partial charge is 0.274 e. The van der Waals surface area contributed by atoms with Gasteiger partial charge in [-0.25, -0.2) is 0 Å². The van der Waals surface area contributed by atoms with Gasteiger partial charge in [0.2, 0.25) is 6.20 Å². The number of hydrogen-bond acceptors (Lipinski definition) is 3. The molecule has 2 rings (SSSR count). The summed E-state index contributed by atoms with van der Waals surface area (Å²) in [6.45, 7) is 0. The molecule has 0 atom stereocenters. The van der Waals surface area contributed by atoms with Crippen LogP contribution in [0.2, 0.25) is 0 Å². The smallest absolute Gasteiger partial charge is 0.265 e. The molecule has 0 saturated carbocycles. The van der Waals surface area contributed by atoms with E-state index in [1.165, 1.54) is 0 Å². The van der Waals surface area contributed by atoms with Crippen molar-refractivity contribution < 1.29 is 9.57 Å². The number of nitriles is 1. The van der Waals surface area contributed by atoms with Gasteiger partial charge in [0.05, 0.1) is 5.39 Å². The minimum Gasteiger partial charge on any atom is -0.274 e. The van der Waals surface area contributed by atoms with Crippen molar-refractivity contribution in [2.75, 3.05) is 7.11 Å². The van der Waals surface area contributed by atoms with Gasteiger partial charge < -0.3 is 0 Å². The summed E-state index contributed by atoms with van der Waals surface area (Å²) in [4.78, 5) is 6.02. The molecule has 74 valence electrons. The zero-order chi connectivity index (χ0) is 10.8. The second kappa shape index (κ2) is 3.79. The zero-order valence-electron chi connectivity index (χ0n) is 8.14. The molecule has 1 aromatic heterocycles. The number of thiol groups is 1. The number of rotatable bonds is 1. The first-order chi connectivity index (χ1) is 7.24. The standard InChI is InChI=1S/C11H8N2OS/c1-14-13-7-8(6-12)4-9-2-3-10(15)5-11(9)13/h2-5,7H,1H3/p+1. The van der Waals surface area contributed by atoms with Crippen LogP contribution in [0, 0.1) is 11.3 Å². The summed E-state index contributed by atoms with van der Waals surface area (Å²) in [6, 6.07) is 9.59. The van der Waals surface area contributed by atoms with Gasteiger partial charge in [-0.3, -0.25) is 4.84 Å². The Hall–Kier alpha value is -1.73. The quantitative estimate of drug-likeness (QED) is 0.578. The van der Waals surface area contributed by atoms with Gasteiger partial charge in [-0.15, -0.1) is 12.6 Å². The van der Waals surface area contributed by atoms with Crippen LogP contribution >= 0.6 is 12.6 Å². The molecular weight excluding hydrogens is 208 g/mol. The van der Waals surface area contributed by atoms with Crippen LogP contribution in [0.25, 0.3) is 10.9 Å². The Morgan fingerprint density at radius 3 is 2.87 bits per heavy atom. The van der Waals surface area contributed by atoms with E-state index in [4.69, 9.17) is 10.1 Å². The van der Waals surface area contributed by atoms with Crippen molar-refractivity contribution in [1.82, 2.24) is 0 Å². The van der Waals surface area contributed by atoms with E-state index >= 15 is 0 Å². The first kappa shape index (κ1) is 9.81. The number of fused-ring (bicyclic) bond motifs is 1. The number of aromatic nitrogens is 1. The molecule has 1 heterocycles. The maximum atomic E-state index is 8.84. The van der Waals surface area contributed by atoms with Crippen molar-refractivity contribution in [2.45, 2.75) is 4.90 Å². The Labute approximate surface area is 92.9 Å². The van der Waals surface area contributed by atoms with Gasteiger partial charge in [0, 0.05) is 15.7 Å². The molecule has 1 aromatic carbocycles. The summed E-state index contributed by atoms with van der Waals surface area (Å²) in [7, 11) is 1.56. The number of pyridine rings is 1. The van der Waals surface area contributed by atoms with Crippen molar-refractivity contribution in [3.05, 3.63) is 36.0 Å². The molecule has 0 fully saturated rings.